The zero-order valence-corrected chi connectivity index (χ0v) is 15.4. The Morgan fingerprint density at radius 1 is 1.48 bits per heavy atom. The molecule has 0 spiro atoms. The van der Waals surface area contributed by atoms with Gasteiger partial charge in [0.25, 0.3) is 0 Å². The normalized spacial score (nSPS) is 23.5. The van der Waals surface area contributed by atoms with Gasteiger partial charge in [0.1, 0.15) is 4.21 Å². The lowest BCUT2D eigenvalue weighted by atomic mass is 10.0. The SMILES string of the molecule is CC(=O)N1CCc2sc(S(=O)(=O)NCC3OCCC3C(=O)O)cc2C1. The van der Waals surface area contributed by atoms with E-state index >= 15 is 0 Å². The first kappa shape index (κ1) is 18.3. The molecule has 0 saturated carbocycles. The van der Waals surface area contributed by atoms with Crippen molar-refractivity contribution in [2.45, 2.75) is 36.6 Å². The highest BCUT2D eigenvalue weighted by atomic mass is 32.2. The summed E-state index contributed by atoms with van der Waals surface area (Å²) in [7, 11) is -3.74. The van der Waals surface area contributed by atoms with E-state index in [1.807, 2.05) is 0 Å². The number of aliphatic carboxylic acids is 1. The summed E-state index contributed by atoms with van der Waals surface area (Å²) >= 11 is 1.20. The van der Waals surface area contributed by atoms with Gasteiger partial charge in [-0.05, 0) is 24.5 Å². The number of carbonyl (C=O) groups excluding carboxylic acids is 1. The molecule has 0 aromatic carbocycles. The molecular formula is C15H20N2O6S2. The second-order valence-electron chi connectivity index (χ2n) is 6.20. The molecule has 1 fully saturated rings. The van der Waals surface area contributed by atoms with Gasteiger partial charge in [0.2, 0.25) is 15.9 Å². The van der Waals surface area contributed by atoms with E-state index in [4.69, 9.17) is 9.84 Å². The summed E-state index contributed by atoms with van der Waals surface area (Å²) in [5, 5.41) is 9.12. The highest BCUT2D eigenvalue weighted by molar-refractivity contribution is 7.91. The summed E-state index contributed by atoms with van der Waals surface area (Å²) in [4.78, 5) is 25.3. The van der Waals surface area contributed by atoms with Gasteiger partial charge in [-0.1, -0.05) is 0 Å². The van der Waals surface area contributed by atoms with E-state index in [1.54, 1.807) is 11.0 Å². The zero-order chi connectivity index (χ0) is 18.2. The van der Waals surface area contributed by atoms with E-state index in [2.05, 4.69) is 4.72 Å². The Labute approximate surface area is 149 Å². The summed E-state index contributed by atoms with van der Waals surface area (Å²) < 4.78 is 33.0. The van der Waals surface area contributed by atoms with Crippen LogP contribution in [0.3, 0.4) is 0 Å². The molecule has 2 aliphatic rings. The highest BCUT2D eigenvalue weighted by Crippen LogP contribution is 2.31. The molecule has 2 unspecified atom stereocenters. The van der Waals surface area contributed by atoms with E-state index in [-0.39, 0.29) is 16.7 Å². The predicted octanol–water partition coefficient (Wildman–Crippen LogP) is 0.421. The highest BCUT2D eigenvalue weighted by Gasteiger charge is 2.35. The third kappa shape index (κ3) is 3.86. The molecule has 1 aromatic rings. The lowest BCUT2D eigenvalue weighted by molar-refractivity contribution is -0.143. The number of sulfonamides is 1. The van der Waals surface area contributed by atoms with E-state index in [0.29, 0.717) is 32.5 Å². The van der Waals surface area contributed by atoms with Crippen LogP contribution in [0.5, 0.6) is 0 Å². The number of nitrogens with zero attached hydrogens (tertiary/aromatic N) is 1. The van der Waals surface area contributed by atoms with Crippen molar-refractivity contribution in [2.75, 3.05) is 19.7 Å². The lowest BCUT2D eigenvalue weighted by Gasteiger charge is -2.25. The van der Waals surface area contributed by atoms with Gasteiger partial charge in [0.15, 0.2) is 0 Å². The van der Waals surface area contributed by atoms with Gasteiger partial charge < -0.3 is 14.7 Å². The summed E-state index contributed by atoms with van der Waals surface area (Å²) in [5.74, 6) is -1.70. The Morgan fingerprint density at radius 3 is 2.92 bits per heavy atom. The topological polar surface area (TPSA) is 113 Å². The maximum atomic E-state index is 12.5. The van der Waals surface area contributed by atoms with Gasteiger partial charge in [-0.3, -0.25) is 9.59 Å². The third-order valence-corrected chi connectivity index (χ3v) is 7.69. The van der Waals surface area contributed by atoms with Crippen molar-refractivity contribution in [1.82, 2.24) is 9.62 Å². The van der Waals surface area contributed by atoms with Crippen molar-refractivity contribution < 1.29 is 27.9 Å². The number of carboxylic acid groups (broad SMARTS) is 1. The number of ether oxygens (including phenoxy) is 1. The largest absolute Gasteiger partial charge is 0.481 e. The van der Waals surface area contributed by atoms with Crippen molar-refractivity contribution in [3.05, 3.63) is 16.5 Å². The van der Waals surface area contributed by atoms with Gasteiger partial charge in [-0.15, -0.1) is 11.3 Å². The minimum absolute atomic E-state index is 0.0301. The molecule has 0 aliphatic carbocycles. The Morgan fingerprint density at radius 2 is 2.24 bits per heavy atom. The molecule has 138 valence electrons. The number of hydrogen-bond acceptors (Lipinski definition) is 6. The molecular weight excluding hydrogens is 368 g/mol. The molecule has 2 N–H and O–H groups in total. The maximum Gasteiger partial charge on any atom is 0.309 e. The number of rotatable bonds is 5. The second-order valence-corrected chi connectivity index (χ2v) is 9.33. The van der Waals surface area contributed by atoms with Crippen molar-refractivity contribution in [2.24, 2.45) is 5.92 Å². The summed E-state index contributed by atoms with van der Waals surface area (Å²) in [5.41, 5.74) is 0.854. The standard InChI is InChI=1S/C15H20N2O6S2/c1-9(18)17-4-2-13-10(8-17)6-14(24-13)25(21,22)16-7-12-11(15(19)20)3-5-23-12/h6,11-12,16H,2-5,7-8H2,1H3,(H,19,20). The van der Waals surface area contributed by atoms with Crippen LogP contribution < -0.4 is 4.72 Å². The number of nitrogens with one attached hydrogen (secondary N) is 1. The van der Waals surface area contributed by atoms with E-state index in [9.17, 15) is 18.0 Å². The lowest BCUT2D eigenvalue weighted by Crippen LogP contribution is -2.37. The van der Waals surface area contributed by atoms with Crippen LogP contribution in [-0.4, -0.2) is 56.1 Å². The van der Waals surface area contributed by atoms with Crippen LogP contribution >= 0.6 is 11.3 Å². The van der Waals surface area contributed by atoms with E-state index in [0.717, 1.165) is 10.4 Å². The number of thiophene rings is 1. The van der Waals surface area contributed by atoms with E-state index in [1.165, 1.54) is 18.3 Å². The molecule has 1 amide bonds. The molecule has 2 atom stereocenters. The summed E-state index contributed by atoms with van der Waals surface area (Å²) in [6.45, 7) is 2.76. The van der Waals surface area contributed by atoms with Crippen LogP contribution in [-0.2, 0) is 37.3 Å². The molecule has 3 rings (SSSR count). The number of hydrogen-bond donors (Lipinski definition) is 2. The number of carboxylic acids is 1. The molecule has 1 saturated heterocycles. The minimum atomic E-state index is -3.74. The Hall–Kier alpha value is -1.49. The molecule has 3 heterocycles. The average molecular weight is 388 g/mol. The van der Waals surface area contributed by atoms with Crippen molar-refractivity contribution >= 4 is 33.2 Å². The van der Waals surface area contributed by atoms with Crippen LogP contribution in [0, 0.1) is 5.92 Å². The Balaban J connectivity index is 1.69. The fourth-order valence-electron chi connectivity index (χ4n) is 3.10. The first-order valence-corrected chi connectivity index (χ1v) is 10.3. The van der Waals surface area contributed by atoms with Gasteiger partial charge in [0.05, 0.1) is 12.0 Å². The summed E-state index contributed by atoms with van der Waals surface area (Å²) in [6.07, 6.45) is 0.368. The Kier molecular flexibility index (Phi) is 5.14. The van der Waals surface area contributed by atoms with Gasteiger partial charge in [-0.25, -0.2) is 13.1 Å². The van der Waals surface area contributed by atoms with Crippen LogP contribution in [0.4, 0.5) is 0 Å². The van der Waals surface area contributed by atoms with E-state index < -0.39 is 28.0 Å². The monoisotopic (exact) mass is 388 g/mol. The molecule has 2 aliphatic heterocycles. The molecule has 25 heavy (non-hydrogen) atoms. The molecule has 8 nitrogen and oxygen atoms in total. The zero-order valence-electron chi connectivity index (χ0n) is 13.7. The van der Waals surface area contributed by atoms with Gasteiger partial charge in [0, 0.05) is 38.0 Å². The minimum Gasteiger partial charge on any atom is -0.481 e. The number of carbonyl (C=O) groups is 2. The van der Waals surface area contributed by atoms with Crippen molar-refractivity contribution in [3.8, 4) is 0 Å². The third-order valence-electron chi connectivity index (χ3n) is 4.56. The van der Waals surface area contributed by atoms with Gasteiger partial charge in [-0.2, -0.15) is 0 Å². The van der Waals surface area contributed by atoms with Crippen LogP contribution in [0.1, 0.15) is 23.8 Å². The molecule has 0 bridgehead atoms. The summed E-state index contributed by atoms with van der Waals surface area (Å²) in [6, 6.07) is 1.60. The maximum absolute atomic E-state index is 12.5. The number of amides is 1. The Bertz CT molecular complexity index is 788. The van der Waals surface area contributed by atoms with Crippen LogP contribution in [0.2, 0.25) is 0 Å². The first-order chi connectivity index (χ1) is 11.8. The number of fused-ring (bicyclic) bond motifs is 1. The molecule has 1 aromatic heterocycles. The molecule has 10 heteroatoms. The fourth-order valence-corrected chi connectivity index (χ4v) is 5.73. The van der Waals surface area contributed by atoms with Crippen molar-refractivity contribution in [1.29, 1.82) is 0 Å². The fraction of sp³-hybridized carbons (Fsp3) is 0.600. The van der Waals surface area contributed by atoms with Crippen LogP contribution in [0.25, 0.3) is 0 Å². The smallest absolute Gasteiger partial charge is 0.309 e. The average Bonchev–Trinajstić information content (AvgIpc) is 3.19. The van der Waals surface area contributed by atoms with Crippen molar-refractivity contribution in [3.63, 3.8) is 0 Å². The second kappa shape index (κ2) is 7.02. The van der Waals surface area contributed by atoms with Crippen LogP contribution in [0.15, 0.2) is 10.3 Å². The predicted molar refractivity (Wildman–Crippen MR) is 89.8 cm³/mol. The quantitative estimate of drug-likeness (QED) is 0.756. The van der Waals surface area contributed by atoms with Gasteiger partial charge >= 0.3 is 5.97 Å². The molecule has 0 radical (unpaired) electrons. The first-order valence-electron chi connectivity index (χ1n) is 7.99.